The number of hydrogen-bond acceptors (Lipinski definition) is 2. The molecular formula is C16H13ClN2. The van der Waals surface area contributed by atoms with Gasteiger partial charge in [-0.05, 0) is 42.3 Å². The van der Waals surface area contributed by atoms with Crippen LogP contribution < -0.4 is 5.32 Å². The zero-order chi connectivity index (χ0) is 13.7. The molecular weight excluding hydrogens is 256 g/mol. The van der Waals surface area contributed by atoms with Gasteiger partial charge in [-0.25, -0.2) is 0 Å². The zero-order valence-electron chi connectivity index (χ0n) is 10.5. The van der Waals surface area contributed by atoms with Crippen molar-refractivity contribution in [1.29, 1.82) is 5.26 Å². The van der Waals surface area contributed by atoms with E-state index in [0.29, 0.717) is 10.6 Å². The van der Waals surface area contributed by atoms with Crippen LogP contribution in [0.5, 0.6) is 0 Å². The molecule has 0 amide bonds. The second-order valence-electron chi connectivity index (χ2n) is 4.19. The van der Waals surface area contributed by atoms with Gasteiger partial charge in [-0.15, -0.1) is 0 Å². The van der Waals surface area contributed by atoms with Gasteiger partial charge in [-0.3, -0.25) is 0 Å². The van der Waals surface area contributed by atoms with Crippen LogP contribution in [0, 0.1) is 18.3 Å². The van der Waals surface area contributed by atoms with Gasteiger partial charge in [0, 0.05) is 16.9 Å². The van der Waals surface area contributed by atoms with E-state index in [9.17, 15) is 5.26 Å². The molecule has 0 aromatic heterocycles. The van der Waals surface area contributed by atoms with Gasteiger partial charge in [0.1, 0.15) is 6.07 Å². The molecule has 2 aromatic rings. The zero-order valence-corrected chi connectivity index (χ0v) is 11.3. The topological polar surface area (TPSA) is 35.8 Å². The number of anilines is 1. The van der Waals surface area contributed by atoms with Gasteiger partial charge in [0.25, 0.3) is 0 Å². The molecule has 19 heavy (non-hydrogen) atoms. The largest absolute Gasteiger partial charge is 0.360 e. The summed E-state index contributed by atoms with van der Waals surface area (Å²) in [5.41, 5.74) is 3.54. The molecule has 0 heterocycles. The van der Waals surface area contributed by atoms with Gasteiger partial charge in [-0.1, -0.05) is 35.9 Å². The number of allylic oxidation sites excluding steroid dienone is 1. The molecule has 94 valence electrons. The summed E-state index contributed by atoms with van der Waals surface area (Å²) in [6.07, 6.45) is 1.71. The first kappa shape index (κ1) is 13.2. The van der Waals surface area contributed by atoms with Gasteiger partial charge < -0.3 is 5.32 Å². The normalized spacial score (nSPS) is 10.9. The highest BCUT2D eigenvalue weighted by Crippen LogP contribution is 2.18. The number of hydrogen-bond donors (Lipinski definition) is 1. The maximum atomic E-state index is 9.19. The predicted molar refractivity (Wildman–Crippen MR) is 79.8 cm³/mol. The molecule has 0 unspecified atom stereocenters. The van der Waals surface area contributed by atoms with Crippen LogP contribution in [0.2, 0.25) is 5.02 Å². The second kappa shape index (κ2) is 6.08. The van der Waals surface area contributed by atoms with Crippen LogP contribution in [0.1, 0.15) is 11.1 Å². The van der Waals surface area contributed by atoms with Crippen molar-refractivity contribution in [2.45, 2.75) is 6.92 Å². The van der Waals surface area contributed by atoms with Crippen LogP contribution in [-0.2, 0) is 0 Å². The SMILES string of the molecule is Cc1cccc(N/C=C(/C#N)c2ccc(Cl)cc2)c1. The third kappa shape index (κ3) is 3.61. The van der Waals surface area contributed by atoms with E-state index in [-0.39, 0.29) is 0 Å². The average Bonchev–Trinajstić information content (AvgIpc) is 2.41. The van der Waals surface area contributed by atoms with Crippen molar-refractivity contribution in [3.05, 3.63) is 70.9 Å². The van der Waals surface area contributed by atoms with Crippen LogP contribution in [0.15, 0.2) is 54.7 Å². The Bertz CT molecular complexity index is 637. The minimum Gasteiger partial charge on any atom is -0.360 e. The Balaban J connectivity index is 2.21. The summed E-state index contributed by atoms with van der Waals surface area (Å²) in [5.74, 6) is 0. The molecule has 0 saturated heterocycles. The molecule has 0 fully saturated rings. The smallest absolute Gasteiger partial charge is 0.101 e. The Hall–Kier alpha value is -2.24. The van der Waals surface area contributed by atoms with E-state index in [0.717, 1.165) is 11.3 Å². The molecule has 0 radical (unpaired) electrons. The van der Waals surface area contributed by atoms with Crippen LogP contribution >= 0.6 is 11.6 Å². The molecule has 0 saturated carbocycles. The Morgan fingerprint density at radius 1 is 1.21 bits per heavy atom. The molecule has 0 spiro atoms. The molecule has 0 atom stereocenters. The average molecular weight is 269 g/mol. The van der Waals surface area contributed by atoms with Crippen LogP contribution in [-0.4, -0.2) is 0 Å². The molecule has 0 aliphatic heterocycles. The highest BCUT2D eigenvalue weighted by atomic mass is 35.5. The molecule has 0 bridgehead atoms. The first-order chi connectivity index (χ1) is 9.19. The highest BCUT2D eigenvalue weighted by molar-refractivity contribution is 6.30. The quantitative estimate of drug-likeness (QED) is 0.824. The summed E-state index contributed by atoms with van der Waals surface area (Å²) in [7, 11) is 0. The van der Waals surface area contributed by atoms with Gasteiger partial charge in [0.15, 0.2) is 0 Å². The molecule has 3 heteroatoms. The van der Waals surface area contributed by atoms with E-state index in [1.807, 2.05) is 43.3 Å². The maximum absolute atomic E-state index is 9.19. The lowest BCUT2D eigenvalue weighted by Crippen LogP contribution is -1.91. The number of nitriles is 1. The van der Waals surface area contributed by atoms with Crippen LogP contribution in [0.3, 0.4) is 0 Å². The number of rotatable bonds is 3. The van der Waals surface area contributed by atoms with Crippen molar-refractivity contribution < 1.29 is 0 Å². The van der Waals surface area contributed by atoms with Gasteiger partial charge >= 0.3 is 0 Å². The molecule has 2 rings (SSSR count). The number of aryl methyl sites for hydroxylation is 1. The van der Waals surface area contributed by atoms with E-state index < -0.39 is 0 Å². The van der Waals surface area contributed by atoms with Crippen molar-refractivity contribution in [3.8, 4) is 6.07 Å². The predicted octanol–water partition coefficient (Wildman–Crippen LogP) is 4.63. The fraction of sp³-hybridized carbons (Fsp3) is 0.0625. The Morgan fingerprint density at radius 2 is 1.95 bits per heavy atom. The third-order valence-corrected chi connectivity index (χ3v) is 2.93. The maximum Gasteiger partial charge on any atom is 0.101 e. The van der Waals surface area contributed by atoms with Crippen molar-refractivity contribution in [2.75, 3.05) is 5.32 Å². The van der Waals surface area contributed by atoms with E-state index in [2.05, 4.69) is 11.4 Å². The summed E-state index contributed by atoms with van der Waals surface area (Å²) in [6.45, 7) is 2.03. The lowest BCUT2D eigenvalue weighted by Gasteiger charge is -2.04. The van der Waals surface area contributed by atoms with E-state index in [1.165, 1.54) is 5.56 Å². The van der Waals surface area contributed by atoms with Crippen molar-refractivity contribution in [3.63, 3.8) is 0 Å². The Kier molecular flexibility index (Phi) is 4.22. The lowest BCUT2D eigenvalue weighted by molar-refractivity contribution is 1.45. The van der Waals surface area contributed by atoms with E-state index in [1.54, 1.807) is 18.3 Å². The number of nitrogens with zero attached hydrogens (tertiary/aromatic N) is 1. The van der Waals surface area contributed by atoms with Gasteiger partial charge in [0.2, 0.25) is 0 Å². The van der Waals surface area contributed by atoms with Gasteiger partial charge in [-0.2, -0.15) is 5.26 Å². The summed E-state index contributed by atoms with van der Waals surface area (Å²) in [4.78, 5) is 0. The monoisotopic (exact) mass is 268 g/mol. The Labute approximate surface area is 118 Å². The molecule has 2 aromatic carbocycles. The summed E-state index contributed by atoms with van der Waals surface area (Å²) < 4.78 is 0. The standard InChI is InChI=1S/C16H13ClN2/c1-12-3-2-4-16(9-12)19-11-14(10-18)13-5-7-15(17)8-6-13/h2-9,11,19H,1H3/b14-11-. The molecule has 0 aliphatic carbocycles. The van der Waals surface area contributed by atoms with Gasteiger partial charge in [0.05, 0.1) is 5.57 Å². The summed E-state index contributed by atoms with van der Waals surface area (Å²) in [6, 6.07) is 17.4. The fourth-order valence-corrected chi connectivity index (χ4v) is 1.83. The van der Waals surface area contributed by atoms with Crippen molar-refractivity contribution >= 4 is 22.9 Å². The second-order valence-corrected chi connectivity index (χ2v) is 4.63. The first-order valence-corrected chi connectivity index (χ1v) is 6.26. The number of halogens is 1. The number of benzene rings is 2. The van der Waals surface area contributed by atoms with Crippen molar-refractivity contribution in [2.24, 2.45) is 0 Å². The fourth-order valence-electron chi connectivity index (χ4n) is 1.70. The summed E-state index contributed by atoms with van der Waals surface area (Å²) in [5, 5.41) is 13.0. The minimum absolute atomic E-state index is 0.568. The third-order valence-electron chi connectivity index (χ3n) is 2.68. The molecule has 1 N–H and O–H groups in total. The molecule has 0 aliphatic rings. The lowest BCUT2D eigenvalue weighted by atomic mass is 10.1. The highest BCUT2D eigenvalue weighted by Gasteiger charge is 2.00. The first-order valence-electron chi connectivity index (χ1n) is 5.88. The molecule has 2 nitrogen and oxygen atoms in total. The number of nitrogens with one attached hydrogen (secondary N) is 1. The van der Waals surface area contributed by atoms with Crippen molar-refractivity contribution in [1.82, 2.24) is 0 Å². The van der Waals surface area contributed by atoms with E-state index in [4.69, 9.17) is 11.6 Å². The summed E-state index contributed by atoms with van der Waals surface area (Å²) >= 11 is 5.83. The van der Waals surface area contributed by atoms with E-state index >= 15 is 0 Å². The van der Waals surface area contributed by atoms with Crippen LogP contribution in [0.4, 0.5) is 5.69 Å². The minimum atomic E-state index is 0.568. The Morgan fingerprint density at radius 3 is 2.58 bits per heavy atom. The van der Waals surface area contributed by atoms with Crippen LogP contribution in [0.25, 0.3) is 5.57 Å².